The highest BCUT2D eigenvalue weighted by molar-refractivity contribution is 5.31. The lowest BCUT2D eigenvalue weighted by atomic mass is 10.0. The van der Waals surface area contributed by atoms with Crippen molar-refractivity contribution in [2.45, 2.75) is 19.3 Å². The number of hydrogen-bond donors (Lipinski definition) is 0. The molecule has 0 saturated heterocycles. The van der Waals surface area contributed by atoms with E-state index in [1.807, 2.05) is 0 Å². The van der Waals surface area contributed by atoms with E-state index in [-0.39, 0.29) is 0 Å². The third-order valence-electron chi connectivity index (χ3n) is 2.54. The summed E-state index contributed by atoms with van der Waals surface area (Å²) in [6, 6.07) is 8.74. The van der Waals surface area contributed by atoms with Gasteiger partial charge in [-0.05, 0) is 36.3 Å². The molecule has 11 heavy (non-hydrogen) atoms. The van der Waals surface area contributed by atoms with E-state index in [0.717, 1.165) is 12.3 Å². The molecule has 0 amide bonds. The average molecular weight is 145 g/mol. The summed E-state index contributed by atoms with van der Waals surface area (Å²) in [4.78, 5) is 0. The van der Waals surface area contributed by atoms with Gasteiger partial charge in [0.05, 0.1) is 0 Å². The first kappa shape index (κ1) is 6.90. The third-order valence-corrected chi connectivity index (χ3v) is 2.54. The Hall–Kier alpha value is -0.780. The monoisotopic (exact) mass is 145 g/mol. The summed E-state index contributed by atoms with van der Waals surface area (Å²) in [5.74, 6) is 0.812. The van der Waals surface area contributed by atoms with Crippen molar-refractivity contribution >= 4 is 0 Å². The van der Waals surface area contributed by atoms with Crippen molar-refractivity contribution in [2.75, 3.05) is 0 Å². The first-order valence-electron chi connectivity index (χ1n) is 4.26. The Morgan fingerprint density at radius 3 is 2.18 bits per heavy atom. The van der Waals surface area contributed by atoms with E-state index in [0.29, 0.717) is 0 Å². The van der Waals surface area contributed by atoms with Crippen LogP contribution in [0.1, 0.15) is 17.5 Å². The molecule has 0 aromatic heterocycles. The third kappa shape index (κ3) is 1.18. The Kier molecular flexibility index (Phi) is 1.69. The first-order valence-corrected chi connectivity index (χ1v) is 4.26. The molecule has 0 heteroatoms. The number of rotatable bonds is 1. The van der Waals surface area contributed by atoms with Gasteiger partial charge in [-0.25, -0.2) is 0 Å². The fourth-order valence-corrected chi connectivity index (χ4v) is 1.85. The van der Waals surface area contributed by atoms with E-state index in [1.165, 1.54) is 12.8 Å². The van der Waals surface area contributed by atoms with Crippen LogP contribution in [-0.2, 0) is 12.8 Å². The summed E-state index contributed by atoms with van der Waals surface area (Å²) in [5, 5.41) is 0. The predicted molar refractivity (Wildman–Crippen MR) is 47.3 cm³/mol. The molecule has 1 aromatic rings. The fourth-order valence-electron chi connectivity index (χ4n) is 1.85. The van der Waals surface area contributed by atoms with Gasteiger partial charge in [-0.15, -0.1) is 0 Å². The van der Waals surface area contributed by atoms with Crippen molar-refractivity contribution < 1.29 is 0 Å². The number of benzene rings is 1. The molecule has 0 heterocycles. The van der Waals surface area contributed by atoms with E-state index in [1.54, 1.807) is 11.1 Å². The Morgan fingerprint density at radius 1 is 1.18 bits per heavy atom. The lowest BCUT2D eigenvalue weighted by molar-refractivity contribution is 0.569. The predicted octanol–water partition coefficient (Wildman–Crippen LogP) is 2.63. The maximum atomic E-state index is 3.95. The second-order valence-electron chi connectivity index (χ2n) is 3.33. The summed E-state index contributed by atoms with van der Waals surface area (Å²) in [6.07, 6.45) is 3.58. The second-order valence-corrected chi connectivity index (χ2v) is 3.33. The summed E-state index contributed by atoms with van der Waals surface area (Å²) in [6.45, 7) is 3.95. The summed E-state index contributed by atoms with van der Waals surface area (Å²) < 4.78 is 0. The molecule has 0 saturated carbocycles. The molecule has 0 atom stereocenters. The van der Waals surface area contributed by atoms with Crippen molar-refractivity contribution in [2.24, 2.45) is 5.92 Å². The molecular formula is C11H13. The lowest BCUT2D eigenvalue weighted by Crippen LogP contribution is -1.95. The van der Waals surface area contributed by atoms with E-state index in [2.05, 4.69) is 31.2 Å². The average Bonchev–Trinajstić information content (AvgIpc) is 2.46. The van der Waals surface area contributed by atoms with Gasteiger partial charge < -0.3 is 0 Å². The zero-order chi connectivity index (χ0) is 7.68. The standard InChI is InChI=1S/C11H13/c1-2-9-7-10-5-3-4-6-11(10)8-9/h3-6,9H,1-2,7-8H2. The molecule has 1 aliphatic rings. The van der Waals surface area contributed by atoms with Crippen LogP contribution in [-0.4, -0.2) is 0 Å². The van der Waals surface area contributed by atoms with Crippen LogP contribution in [0.25, 0.3) is 0 Å². The normalized spacial score (nSPS) is 16.8. The van der Waals surface area contributed by atoms with Crippen LogP contribution in [0.4, 0.5) is 0 Å². The van der Waals surface area contributed by atoms with Gasteiger partial charge in [0.2, 0.25) is 0 Å². The van der Waals surface area contributed by atoms with Crippen LogP contribution >= 0.6 is 0 Å². The molecule has 0 unspecified atom stereocenters. The van der Waals surface area contributed by atoms with E-state index in [4.69, 9.17) is 0 Å². The molecule has 1 aliphatic carbocycles. The Bertz CT molecular complexity index is 225. The van der Waals surface area contributed by atoms with E-state index in [9.17, 15) is 0 Å². The Morgan fingerprint density at radius 2 is 1.73 bits per heavy atom. The minimum absolute atomic E-state index is 0.812. The van der Waals surface area contributed by atoms with Gasteiger partial charge in [-0.3, -0.25) is 0 Å². The zero-order valence-corrected chi connectivity index (χ0v) is 6.72. The number of hydrogen-bond acceptors (Lipinski definition) is 0. The maximum Gasteiger partial charge on any atom is -0.0244 e. The Labute approximate surface area is 68.3 Å². The minimum Gasteiger partial charge on any atom is -0.0620 e. The molecule has 0 N–H and O–H groups in total. The molecule has 57 valence electrons. The van der Waals surface area contributed by atoms with Gasteiger partial charge in [-0.1, -0.05) is 31.2 Å². The summed E-state index contributed by atoms with van der Waals surface area (Å²) in [5.41, 5.74) is 3.09. The highest BCUT2D eigenvalue weighted by Gasteiger charge is 2.18. The molecule has 2 rings (SSSR count). The van der Waals surface area contributed by atoms with Crippen molar-refractivity contribution in [1.82, 2.24) is 0 Å². The van der Waals surface area contributed by atoms with Crippen LogP contribution in [0.5, 0.6) is 0 Å². The largest absolute Gasteiger partial charge is 0.0620 e. The SMILES string of the molecule is [CH2]CC1Cc2ccccc2C1. The second kappa shape index (κ2) is 2.69. The van der Waals surface area contributed by atoms with Crippen molar-refractivity contribution in [3.8, 4) is 0 Å². The van der Waals surface area contributed by atoms with Crippen LogP contribution < -0.4 is 0 Å². The molecule has 1 radical (unpaired) electrons. The molecule has 0 fully saturated rings. The topological polar surface area (TPSA) is 0 Å². The highest BCUT2D eigenvalue weighted by atomic mass is 14.2. The first-order chi connectivity index (χ1) is 5.40. The van der Waals surface area contributed by atoms with Gasteiger partial charge in [0.15, 0.2) is 0 Å². The van der Waals surface area contributed by atoms with Crippen LogP contribution in [0, 0.1) is 12.8 Å². The van der Waals surface area contributed by atoms with Crippen LogP contribution in [0.15, 0.2) is 24.3 Å². The summed E-state index contributed by atoms with van der Waals surface area (Å²) >= 11 is 0. The highest BCUT2D eigenvalue weighted by Crippen LogP contribution is 2.27. The maximum absolute atomic E-state index is 3.95. The van der Waals surface area contributed by atoms with Gasteiger partial charge in [-0.2, -0.15) is 0 Å². The van der Waals surface area contributed by atoms with Gasteiger partial charge in [0, 0.05) is 0 Å². The van der Waals surface area contributed by atoms with E-state index < -0.39 is 0 Å². The molecule has 0 aliphatic heterocycles. The van der Waals surface area contributed by atoms with E-state index >= 15 is 0 Å². The van der Waals surface area contributed by atoms with Crippen molar-refractivity contribution in [3.05, 3.63) is 42.3 Å². The number of fused-ring (bicyclic) bond motifs is 1. The quantitative estimate of drug-likeness (QED) is 0.570. The van der Waals surface area contributed by atoms with Gasteiger partial charge >= 0.3 is 0 Å². The Balaban J connectivity index is 2.27. The van der Waals surface area contributed by atoms with Crippen LogP contribution in [0.3, 0.4) is 0 Å². The zero-order valence-electron chi connectivity index (χ0n) is 6.72. The molecule has 1 aromatic carbocycles. The minimum atomic E-state index is 0.812. The lowest BCUT2D eigenvalue weighted by Gasteiger charge is -2.00. The fraction of sp³-hybridized carbons (Fsp3) is 0.364. The molecular weight excluding hydrogens is 132 g/mol. The summed E-state index contributed by atoms with van der Waals surface area (Å²) in [7, 11) is 0. The molecule has 0 spiro atoms. The van der Waals surface area contributed by atoms with Crippen LogP contribution in [0.2, 0.25) is 0 Å². The molecule has 0 bridgehead atoms. The van der Waals surface area contributed by atoms with Gasteiger partial charge in [0.1, 0.15) is 0 Å². The van der Waals surface area contributed by atoms with Crippen molar-refractivity contribution in [3.63, 3.8) is 0 Å². The van der Waals surface area contributed by atoms with Crippen molar-refractivity contribution in [1.29, 1.82) is 0 Å². The van der Waals surface area contributed by atoms with Gasteiger partial charge in [0.25, 0.3) is 0 Å². The molecule has 0 nitrogen and oxygen atoms in total. The smallest absolute Gasteiger partial charge is 0.0244 e.